The van der Waals surface area contributed by atoms with Gasteiger partial charge in [0.1, 0.15) is 5.75 Å². The van der Waals surface area contributed by atoms with E-state index in [2.05, 4.69) is 22.8 Å². The Kier molecular flexibility index (Phi) is 9.10. The Morgan fingerprint density at radius 1 is 0.600 bits per heavy atom. The summed E-state index contributed by atoms with van der Waals surface area (Å²) in [6.07, 6.45) is 2.66. The van der Waals surface area contributed by atoms with Gasteiger partial charge in [-0.05, 0) is 78.9 Å². The van der Waals surface area contributed by atoms with Crippen molar-refractivity contribution < 1.29 is 21.9 Å². The molecule has 0 fully saturated rings. The van der Waals surface area contributed by atoms with E-state index in [1.807, 2.05) is 30.3 Å². The molecule has 0 heterocycles. The Bertz CT molecular complexity index is 1560. The molecule has 0 saturated heterocycles. The largest absolute Gasteiger partial charge is 0.507 e. The summed E-state index contributed by atoms with van der Waals surface area (Å²) in [7, 11) is -7.57. The Balaban J connectivity index is 1.51. The molecule has 4 aromatic rings. The van der Waals surface area contributed by atoms with Crippen LogP contribution in [-0.4, -0.2) is 21.9 Å². The van der Waals surface area contributed by atoms with Crippen LogP contribution in [0.15, 0.2) is 101 Å². The number of aryl methyl sites for hydroxylation is 2. The zero-order valence-electron chi connectivity index (χ0n) is 21.7. The van der Waals surface area contributed by atoms with E-state index in [0.717, 1.165) is 24.8 Å². The topological polar surface area (TPSA) is 165 Å². The highest BCUT2D eigenvalue weighted by molar-refractivity contribution is 7.89. The van der Waals surface area contributed by atoms with E-state index < -0.39 is 20.0 Å². The number of phenolic OH excluding ortho intramolecular Hbond substituents is 1. The molecule has 40 heavy (non-hydrogen) atoms. The fourth-order valence-electron chi connectivity index (χ4n) is 4.31. The molecule has 4 rings (SSSR count). The van der Waals surface area contributed by atoms with Crippen LogP contribution in [-0.2, 0) is 46.0 Å². The van der Waals surface area contributed by atoms with Gasteiger partial charge in [0.05, 0.1) is 9.79 Å². The van der Waals surface area contributed by atoms with E-state index in [4.69, 9.17) is 10.3 Å². The normalized spacial score (nSPS) is 11.8. The molecule has 0 spiro atoms. The Hall–Kier alpha value is -3.90. The maximum Gasteiger partial charge on any atom is 0.238 e. The summed E-state index contributed by atoms with van der Waals surface area (Å²) >= 11 is 0. The molecule has 0 amide bonds. The van der Waals surface area contributed by atoms with Crippen LogP contribution in [0.4, 0.5) is 11.4 Å². The van der Waals surface area contributed by atoms with Gasteiger partial charge < -0.3 is 15.7 Å². The van der Waals surface area contributed by atoms with Crippen LogP contribution in [0.25, 0.3) is 0 Å². The first-order valence-electron chi connectivity index (χ1n) is 12.6. The van der Waals surface area contributed by atoms with Crippen LogP contribution in [0, 0.1) is 0 Å². The number of nitrogens with two attached hydrogens (primary N) is 2. The van der Waals surface area contributed by atoms with Crippen molar-refractivity contribution in [2.75, 3.05) is 10.6 Å². The SMILES string of the molecule is NS(=O)(=O)c1ccc(NCc2cc(CCCc3ccccc3)cc(CNc3ccc(S(N)(=O)=O)cc3)c2O)cc1. The molecule has 0 bridgehead atoms. The van der Waals surface area contributed by atoms with Crippen molar-refractivity contribution in [1.29, 1.82) is 0 Å². The van der Waals surface area contributed by atoms with Crippen molar-refractivity contribution in [2.45, 2.75) is 42.1 Å². The first kappa shape index (κ1) is 29.1. The first-order valence-corrected chi connectivity index (χ1v) is 15.7. The molecule has 0 aliphatic carbocycles. The number of benzene rings is 4. The third-order valence-electron chi connectivity index (χ3n) is 6.43. The molecule has 9 nitrogen and oxygen atoms in total. The zero-order valence-corrected chi connectivity index (χ0v) is 23.4. The van der Waals surface area contributed by atoms with Crippen molar-refractivity contribution >= 4 is 31.4 Å². The number of rotatable bonds is 12. The van der Waals surface area contributed by atoms with Crippen LogP contribution < -0.4 is 20.9 Å². The highest BCUT2D eigenvalue weighted by atomic mass is 32.2. The molecular formula is C29H32N4O5S2. The van der Waals surface area contributed by atoms with Gasteiger partial charge in [-0.3, -0.25) is 0 Å². The lowest BCUT2D eigenvalue weighted by atomic mass is 9.98. The predicted octanol–water partition coefficient (Wildman–Crippen LogP) is 4.09. The fraction of sp³-hybridized carbons (Fsp3) is 0.172. The molecule has 11 heteroatoms. The number of nitrogens with one attached hydrogen (secondary N) is 2. The standard InChI is InChI=1S/C29H32N4O5S2/c30-39(35,36)27-13-9-25(10-14-27)32-19-23-17-22(8-4-7-21-5-2-1-3-6-21)18-24(29(23)34)20-33-26-11-15-28(16-12-26)40(31,37)38/h1-3,5-6,9-18,32-34H,4,7-8,19-20H2,(H2,30,35,36)(H2,31,37,38). The Labute approximate surface area is 235 Å². The van der Waals surface area contributed by atoms with Crippen molar-refractivity contribution in [3.05, 3.63) is 113 Å². The number of hydrogen-bond acceptors (Lipinski definition) is 7. The van der Waals surface area contributed by atoms with Crippen LogP contribution in [0.5, 0.6) is 5.75 Å². The average molecular weight is 581 g/mol. The van der Waals surface area contributed by atoms with Gasteiger partial charge in [-0.2, -0.15) is 0 Å². The number of phenols is 1. The molecule has 0 atom stereocenters. The van der Waals surface area contributed by atoms with E-state index in [1.165, 1.54) is 29.8 Å². The predicted molar refractivity (Wildman–Crippen MR) is 157 cm³/mol. The molecule has 0 unspecified atom stereocenters. The fourth-order valence-corrected chi connectivity index (χ4v) is 5.34. The monoisotopic (exact) mass is 580 g/mol. The quantitative estimate of drug-likeness (QED) is 0.168. The highest BCUT2D eigenvalue weighted by Gasteiger charge is 2.13. The molecule has 0 aliphatic heterocycles. The molecule has 0 aromatic heterocycles. The van der Waals surface area contributed by atoms with Gasteiger partial charge >= 0.3 is 0 Å². The number of aromatic hydroxyl groups is 1. The van der Waals surface area contributed by atoms with E-state index >= 15 is 0 Å². The maximum absolute atomic E-state index is 11.5. The second-order valence-corrected chi connectivity index (χ2v) is 12.6. The van der Waals surface area contributed by atoms with Crippen molar-refractivity contribution in [3.8, 4) is 5.75 Å². The summed E-state index contributed by atoms with van der Waals surface area (Å²) in [5.41, 5.74) is 5.06. The lowest BCUT2D eigenvalue weighted by molar-refractivity contribution is 0.462. The van der Waals surface area contributed by atoms with Crippen molar-refractivity contribution in [2.24, 2.45) is 10.3 Å². The van der Waals surface area contributed by atoms with Gasteiger partial charge in [-0.25, -0.2) is 27.1 Å². The van der Waals surface area contributed by atoms with Gasteiger partial charge in [0.25, 0.3) is 0 Å². The van der Waals surface area contributed by atoms with Crippen LogP contribution in [0.3, 0.4) is 0 Å². The highest BCUT2D eigenvalue weighted by Crippen LogP contribution is 2.28. The lowest BCUT2D eigenvalue weighted by Crippen LogP contribution is -2.12. The van der Waals surface area contributed by atoms with Crippen molar-refractivity contribution in [3.63, 3.8) is 0 Å². The third-order valence-corrected chi connectivity index (χ3v) is 8.29. The molecule has 0 saturated carbocycles. The maximum atomic E-state index is 11.5. The number of anilines is 2. The smallest absolute Gasteiger partial charge is 0.238 e. The summed E-state index contributed by atoms with van der Waals surface area (Å²) in [5.74, 6) is 0.133. The van der Waals surface area contributed by atoms with Gasteiger partial charge in [0.2, 0.25) is 20.0 Å². The minimum absolute atomic E-state index is 0.0202. The van der Waals surface area contributed by atoms with Crippen molar-refractivity contribution in [1.82, 2.24) is 0 Å². The van der Waals surface area contributed by atoms with Gasteiger partial charge in [-0.1, -0.05) is 42.5 Å². The van der Waals surface area contributed by atoms with Crippen LogP contribution in [0.1, 0.15) is 28.7 Å². The molecule has 0 aliphatic rings. The molecule has 4 aromatic carbocycles. The summed E-state index contributed by atoms with van der Waals surface area (Å²) in [6.45, 7) is 0.617. The summed E-state index contributed by atoms with van der Waals surface area (Å²) in [5, 5.41) is 27.9. The second-order valence-electron chi connectivity index (χ2n) is 9.45. The third kappa shape index (κ3) is 8.06. The summed E-state index contributed by atoms with van der Waals surface area (Å²) < 4.78 is 46.1. The Morgan fingerprint density at radius 2 is 1.02 bits per heavy atom. The van der Waals surface area contributed by atoms with Gasteiger partial charge in [-0.15, -0.1) is 0 Å². The minimum Gasteiger partial charge on any atom is -0.507 e. The van der Waals surface area contributed by atoms with E-state index in [1.54, 1.807) is 24.3 Å². The van der Waals surface area contributed by atoms with E-state index in [-0.39, 0.29) is 15.5 Å². The number of sulfonamides is 2. The lowest BCUT2D eigenvalue weighted by Gasteiger charge is -2.16. The molecular weight excluding hydrogens is 548 g/mol. The second kappa shape index (κ2) is 12.5. The van der Waals surface area contributed by atoms with Crippen LogP contribution in [0.2, 0.25) is 0 Å². The van der Waals surface area contributed by atoms with E-state index in [9.17, 15) is 21.9 Å². The average Bonchev–Trinajstić information content (AvgIpc) is 2.92. The number of hydrogen-bond donors (Lipinski definition) is 5. The zero-order chi connectivity index (χ0) is 28.8. The van der Waals surface area contributed by atoms with Gasteiger partial charge in [0.15, 0.2) is 0 Å². The number of primary sulfonamides is 2. The first-order chi connectivity index (χ1) is 19.0. The summed E-state index contributed by atoms with van der Waals surface area (Å²) in [6, 6.07) is 26.4. The molecule has 0 radical (unpaired) electrons. The minimum atomic E-state index is -3.78. The summed E-state index contributed by atoms with van der Waals surface area (Å²) in [4.78, 5) is 0.0403. The van der Waals surface area contributed by atoms with Gasteiger partial charge in [0, 0.05) is 35.6 Å². The van der Waals surface area contributed by atoms with Crippen LogP contribution >= 0.6 is 0 Å². The van der Waals surface area contributed by atoms with E-state index in [0.29, 0.717) is 35.6 Å². The molecule has 210 valence electrons. The molecule has 7 N–H and O–H groups in total. The Morgan fingerprint density at radius 3 is 1.45 bits per heavy atom.